The number of aryl methyl sites for hydroxylation is 1. The Kier molecular flexibility index (Phi) is 4.48. The number of rotatable bonds is 5. The van der Waals surface area contributed by atoms with Gasteiger partial charge in [-0.3, -0.25) is 0 Å². The van der Waals surface area contributed by atoms with Gasteiger partial charge in [0.1, 0.15) is 5.82 Å². The largest absolute Gasteiger partial charge is 0.421 e. The van der Waals surface area contributed by atoms with Crippen LogP contribution in [0.4, 0.5) is 5.82 Å². The second-order valence-electron chi connectivity index (χ2n) is 4.86. The zero-order chi connectivity index (χ0) is 15.4. The van der Waals surface area contributed by atoms with Crippen LogP contribution >= 0.6 is 15.9 Å². The Morgan fingerprint density at radius 1 is 1.18 bits per heavy atom. The summed E-state index contributed by atoms with van der Waals surface area (Å²) in [4.78, 5) is 4.30. The van der Waals surface area contributed by atoms with Gasteiger partial charge < -0.3 is 9.73 Å². The molecule has 0 atom stereocenters. The van der Waals surface area contributed by atoms with Crippen LogP contribution in [0.15, 0.2) is 51.5 Å². The molecule has 22 heavy (non-hydrogen) atoms. The van der Waals surface area contributed by atoms with Crippen molar-refractivity contribution in [2.24, 2.45) is 0 Å². The molecule has 0 unspecified atom stereocenters. The molecule has 0 amide bonds. The van der Waals surface area contributed by atoms with Gasteiger partial charge in [-0.2, -0.15) is 0 Å². The molecule has 1 aromatic carbocycles. The number of anilines is 1. The average Bonchev–Trinajstić information content (AvgIpc) is 3.01. The van der Waals surface area contributed by atoms with E-state index in [2.05, 4.69) is 36.4 Å². The molecule has 6 heteroatoms. The fourth-order valence-electron chi connectivity index (χ4n) is 1.99. The van der Waals surface area contributed by atoms with Crippen molar-refractivity contribution in [2.45, 2.75) is 13.3 Å². The van der Waals surface area contributed by atoms with E-state index in [0.29, 0.717) is 24.7 Å². The van der Waals surface area contributed by atoms with Gasteiger partial charge in [0.15, 0.2) is 0 Å². The first-order chi connectivity index (χ1) is 10.7. The SMILES string of the molecule is Cc1cc(NCCc2nnc(-c3ccccc3)o2)ncc1Br. The van der Waals surface area contributed by atoms with Crippen LogP contribution in [0.1, 0.15) is 11.5 Å². The van der Waals surface area contributed by atoms with E-state index in [0.717, 1.165) is 21.4 Å². The fraction of sp³-hybridized carbons (Fsp3) is 0.188. The molecule has 0 saturated carbocycles. The predicted molar refractivity (Wildman–Crippen MR) is 88.6 cm³/mol. The van der Waals surface area contributed by atoms with Gasteiger partial charge in [0.25, 0.3) is 0 Å². The summed E-state index contributed by atoms with van der Waals surface area (Å²) in [7, 11) is 0. The number of nitrogens with zero attached hydrogens (tertiary/aromatic N) is 3. The predicted octanol–water partition coefficient (Wildman–Crippen LogP) is 3.86. The van der Waals surface area contributed by atoms with E-state index in [1.54, 1.807) is 6.20 Å². The minimum atomic E-state index is 0.549. The molecule has 1 N–H and O–H groups in total. The number of hydrogen-bond donors (Lipinski definition) is 1. The van der Waals surface area contributed by atoms with Crippen molar-refractivity contribution in [1.29, 1.82) is 0 Å². The quantitative estimate of drug-likeness (QED) is 0.750. The lowest BCUT2D eigenvalue weighted by atomic mass is 10.2. The molecule has 2 aromatic heterocycles. The Bertz CT molecular complexity index is 758. The van der Waals surface area contributed by atoms with Crippen LogP contribution in [0.25, 0.3) is 11.5 Å². The highest BCUT2D eigenvalue weighted by molar-refractivity contribution is 9.10. The van der Waals surface area contributed by atoms with Gasteiger partial charge in [0, 0.05) is 29.2 Å². The molecule has 0 aliphatic carbocycles. The fourth-order valence-corrected chi connectivity index (χ4v) is 2.20. The topological polar surface area (TPSA) is 63.8 Å². The molecule has 5 nitrogen and oxygen atoms in total. The highest BCUT2D eigenvalue weighted by atomic mass is 79.9. The molecule has 0 fully saturated rings. The summed E-state index contributed by atoms with van der Waals surface area (Å²) < 4.78 is 6.66. The third-order valence-electron chi connectivity index (χ3n) is 3.18. The van der Waals surface area contributed by atoms with Crippen LogP contribution in [-0.4, -0.2) is 21.7 Å². The second-order valence-corrected chi connectivity index (χ2v) is 5.72. The summed E-state index contributed by atoms with van der Waals surface area (Å²) in [6, 6.07) is 11.7. The highest BCUT2D eigenvalue weighted by Gasteiger charge is 2.08. The van der Waals surface area contributed by atoms with Crippen LogP contribution in [0.5, 0.6) is 0 Å². The van der Waals surface area contributed by atoms with Gasteiger partial charge in [-0.15, -0.1) is 10.2 Å². The molecule has 0 aliphatic rings. The highest BCUT2D eigenvalue weighted by Crippen LogP contribution is 2.18. The van der Waals surface area contributed by atoms with Crippen LogP contribution in [0.3, 0.4) is 0 Å². The molecule has 0 bridgehead atoms. The number of benzene rings is 1. The van der Waals surface area contributed by atoms with E-state index in [9.17, 15) is 0 Å². The molecule has 0 saturated heterocycles. The number of hydrogen-bond acceptors (Lipinski definition) is 5. The first-order valence-electron chi connectivity index (χ1n) is 6.96. The second kappa shape index (κ2) is 6.70. The monoisotopic (exact) mass is 358 g/mol. The normalized spacial score (nSPS) is 10.6. The maximum atomic E-state index is 5.66. The summed E-state index contributed by atoms with van der Waals surface area (Å²) in [6.07, 6.45) is 2.44. The van der Waals surface area contributed by atoms with Crippen LogP contribution in [0.2, 0.25) is 0 Å². The summed E-state index contributed by atoms with van der Waals surface area (Å²) in [6.45, 7) is 2.71. The number of pyridine rings is 1. The van der Waals surface area contributed by atoms with E-state index < -0.39 is 0 Å². The average molecular weight is 359 g/mol. The zero-order valence-corrected chi connectivity index (χ0v) is 13.7. The van der Waals surface area contributed by atoms with Gasteiger partial charge >= 0.3 is 0 Å². The number of halogens is 1. The molecular weight excluding hydrogens is 344 g/mol. The van der Waals surface area contributed by atoms with Crippen molar-refractivity contribution < 1.29 is 4.42 Å². The Morgan fingerprint density at radius 3 is 2.77 bits per heavy atom. The lowest BCUT2D eigenvalue weighted by molar-refractivity contribution is 0.509. The van der Waals surface area contributed by atoms with E-state index in [-0.39, 0.29) is 0 Å². The maximum absolute atomic E-state index is 5.66. The lowest BCUT2D eigenvalue weighted by Crippen LogP contribution is -2.06. The number of aromatic nitrogens is 3. The van der Waals surface area contributed by atoms with Crippen molar-refractivity contribution in [3.05, 3.63) is 58.5 Å². The van der Waals surface area contributed by atoms with Crippen molar-refractivity contribution in [2.75, 3.05) is 11.9 Å². The molecule has 2 heterocycles. The van der Waals surface area contributed by atoms with Crippen LogP contribution < -0.4 is 5.32 Å². The zero-order valence-electron chi connectivity index (χ0n) is 12.1. The van der Waals surface area contributed by atoms with Crippen molar-refractivity contribution in [1.82, 2.24) is 15.2 Å². The summed E-state index contributed by atoms with van der Waals surface area (Å²) in [5.41, 5.74) is 2.07. The molecular formula is C16H15BrN4O. The minimum Gasteiger partial charge on any atom is -0.421 e. The van der Waals surface area contributed by atoms with E-state index in [1.165, 1.54) is 0 Å². The first-order valence-corrected chi connectivity index (χ1v) is 7.75. The standard InChI is InChI=1S/C16H15BrN4O/c1-11-9-14(19-10-13(11)17)18-8-7-15-20-21-16(22-15)12-5-3-2-4-6-12/h2-6,9-10H,7-8H2,1H3,(H,18,19). The Hall–Kier alpha value is -2.21. The molecule has 0 spiro atoms. The van der Waals surface area contributed by atoms with E-state index in [1.807, 2.05) is 43.3 Å². The van der Waals surface area contributed by atoms with Crippen LogP contribution in [-0.2, 0) is 6.42 Å². The van der Waals surface area contributed by atoms with Crippen LogP contribution in [0, 0.1) is 6.92 Å². The molecule has 3 aromatic rings. The van der Waals surface area contributed by atoms with Crippen molar-refractivity contribution in [3.63, 3.8) is 0 Å². The Labute approximate surface area is 136 Å². The van der Waals surface area contributed by atoms with Gasteiger partial charge in [-0.1, -0.05) is 18.2 Å². The molecule has 0 aliphatic heterocycles. The van der Waals surface area contributed by atoms with Gasteiger partial charge in [0.05, 0.1) is 0 Å². The third-order valence-corrected chi connectivity index (χ3v) is 4.01. The molecule has 112 valence electrons. The first kappa shape index (κ1) is 14.7. The maximum Gasteiger partial charge on any atom is 0.247 e. The van der Waals surface area contributed by atoms with Crippen molar-refractivity contribution >= 4 is 21.7 Å². The molecule has 3 rings (SSSR count). The van der Waals surface area contributed by atoms with Gasteiger partial charge in [0.2, 0.25) is 11.8 Å². The van der Waals surface area contributed by atoms with Gasteiger partial charge in [-0.25, -0.2) is 4.98 Å². The Balaban J connectivity index is 1.58. The smallest absolute Gasteiger partial charge is 0.247 e. The third kappa shape index (κ3) is 3.51. The van der Waals surface area contributed by atoms with Gasteiger partial charge in [-0.05, 0) is 46.6 Å². The minimum absolute atomic E-state index is 0.549. The van der Waals surface area contributed by atoms with E-state index in [4.69, 9.17) is 4.42 Å². The molecule has 0 radical (unpaired) electrons. The Morgan fingerprint density at radius 2 is 2.00 bits per heavy atom. The lowest BCUT2D eigenvalue weighted by Gasteiger charge is -2.05. The summed E-state index contributed by atoms with van der Waals surface area (Å²) >= 11 is 3.44. The van der Waals surface area contributed by atoms with E-state index >= 15 is 0 Å². The number of nitrogens with one attached hydrogen (secondary N) is 1. The summed E-state index contributed by atoms with van der Waals surface area (Å²) in [5, 5.41) is 11.4. The van der Waals surface area contributed by atoms with Crippen molar-refractivity contribution in [3.8, 4) is 11.5 Å². The summed E-state index contributed by atoms with van der Waals surface area (Å²) in [5.74, 6) is 2.00.